The molecule has 3 N–H and O–H groups in total. The SMILES string of the molecule is O=C(CN1CCOCC1)NCC[C@H]1CC[C@H](NC(=O)Cc2ccccn2)[C@H](CO)O1. The monoisotopic (exact) mass is 420 g/mol. The number of aromatic nitrogens is 1. The topological polar surface area (TPSA) is 113 Å². The summed E-state index contributed by atoms with van der Waals surface area (Å²) in [6.07, 6.45) is 3.55. The molecule has 1 aromatic heterocycles. The Morgan fingerprint density at radius 3 is 2.77 bits per heavy atom. The van der Waals surface area contributed by atoms with E-state index in [0.717, 1.165) is 25.9 Å². The van der Waals surface area contributed by atoms with Crippen LogP contribution in [0.1, 0.15) is 25.0 Å². The fraction of sp³-hybridized carbons (Fsp3) is 0.667. The molecular weight excluding hydrogens is 388 g/mol. The van der Waals surface area contributed by atoms with E-state index in [1.165, 1.54) is 0 Å². The average molecular weight is 421 g/mol. The minimum atomic E-state index is -0.444. The summed E-state index contributed by atoms with van der Waals surface area (Å²) in [4.78, 5) is 30.6. The van der Waals surface area contributed by atoms with Gasteiger partial charge in [-0.1, -0.05) is 6.07 Å². The van der Waals surface area contributed by atoms with Gasteiger partial charge in [-0.05, 0) is 31.4 Å². The zero-order valence-electron chi connectivity index (χ0n) is 17.3. The van der Waals surface area contributed by atoms with Gasteiger partial charge in [0.15, 0.2) is 0 Å². The van der Waals surface area contributed by atoms with Gasteiger partial charge >= 0.3 is 0 Å². The maximum Gasteiger partial charge on any atom is 0.234 e. The van der Waals surface area contributed by atoms with Crippen molar-refractivity contribution in [3.63, 3.8) is 0 Å². The number of aliphatic hydroxyl groups excluding tert-OH is 1. The molecule has 2 aliphatic heterocycles. The minimum Gasteiger partial charge on any atom is -0.394 e. The molecule has 0 unspecified atom stereocenters. The van der Waals surface area contributed by atoms with Gasteiger partial charge in [-0.2, -0.15) is 0 Å². The molecule has 0 spiro atoms. The summed E-state index contributed by atoms with van der Waals surface area (Å²) in [5, 5.41) is 15.6. The van der Waals surface area contributed by atoms with Crippen LogP contribution in [0.3, 0.4) is 0 Å². The Balaban J connectivity index is 1.35. The van der Waals surface area contributed by atoms with Crippen LogP contribution in [-0.2, 0) is 25.5 Å². The van der Waals surface area contributed by atoms with Gasteiger partial charge < -0.3 is 25.2 Å². The molecule has 0 bridgehead atoms. The van der Waals surface area contributed by atoms with Crippen LogP contribution in [0.25, 0.3) is 0 Å². The zero-order chi connectivity index (χ0) is 21.2. The highest BCUT2D eigenvalue weighted by molar-refractivity contribution is 5.78. The van der Waals surface area contributed by atoms with Gasteiger partial charge in [-0.25, -0.2) is 0 Å². The Morgan fingerprint density at radius 1 is 1.20 bits per heavy atom. The Hall–Kier alpha value is -2.07. The Morgan fingerprint density at radius 2 is 2.03 bits per heavy atom. The first-order valence-electron chi connectivity index (χ1n) is 10.7. The molecule has 166 valence electrons. The second kappa shape index (κ2) is 11.9. The van der Waals surface area contributed by atoms with Crippen molar-refractivity contribution >= 4 is 11.8 Å². The van der Waals surface area contributed by atoms with Crippen LogP contribution in [0, 0.1) is 0 Å². The van der Waals surface area contributed by atoms with Gasteiger partial charge in [-0.15, -0.1) is 0 Å². The second-order valence-electron chi connectivity index (χ2n) is 7.76. The van der Waals surface area contributed by atoms with E-state index in [2.05, 4.69) is 20.5 Å². The lowest BCUT2D eigenvalue weighted by Gasteiger charge is -2.36. The highest BCUT2D eigenvalue weighted by Crippen LogP contribution is 2.21. The van der Waals surface area contributed by atoms with E-state index in [4.69, 9.17) is 9.47 Å². The zero-order valence-corrected chi connectivity index (χ0v) is 17.3. The Labute approximate surface area is 177 Å². The van der Waals surface area contributed by atoms with Crippen molar-refractivity contribution in [2.45, 2.75) is 43.9 Å². The van der Waals surface area contributed by atoms with Crippen LogP contribution >= 0.6 is 0 Å². The predicted octanol–water partition coefficient (Wildman–Crippen LogP) is -0.513. The quantitative estimate of drug-likeness (QED) is 0.493. The maximum absolute atomic E-state index is 12.3. The molecule has 2 amide bonds. The van der Waals surface area contributed by atoms with Crippen LogP contribution in [0.5, 0.6) is 0 Å². The molecule has 2 aliphatic rings. The summed E-state index contributed by atoms with van der Waals surface area (Å²) in [6.45, 7) is 3.67. The number of amides is 2. The minimum absolute atomic E-state index is 0.00563. The van der Waals surface area contributed by atoms with Crippen molar-refractivity contribution < 1.29 is 24.2 Å². The van der Waals surface area contributed by atoms with Gasteiger partial charge in [0.1, 0.15) is 6.10 Å². The largest absolute Gasteiger partial charge is 0.394 e. The van der Waals surface area contributed by atoms with Crippen molar-refractivity contribution in [1.29, 1.82) is 0 Å². The number of carbonyl (C=O) groups excluding carboxylic acids is 2. The highest BCUT2D eigenvalue weighted by Gasteiger charge is 2.31. The molecular formula is C21H32N4O5. The van der Waals surface area contributed by atoms with Crippen LogP contribution in [-0.4, -0.2) is 91.1 Å². The third kappa shape index (κ3) is 7.32. The summed E-state index contributed by atoms with van der Waals surface area (Å²) in [7, 11) is 0. The number of nitrogens with zero attached hydrogens (tertiary/aromatic N) is 2. The van der Waals surface area contributed by atoms with E-state index in [0.29, 0.717) is 38.4 Å². The fourth-order valence-electron chi connectivity index (χ4n) is 3.83. The number of rotatable bonds is 9. The second-order valence-corrected chi connectivity index (χ2v) is 7.76. The lowest BCUT2D eigenvalue weighted by atomic mass is 9.97. The number of nitrogens with one attached hydrogen (secondary N) is 2. The average Bonchev–Trinajstić information content (AvgIpc) is 2.76. The van der Waals surface area contributed by atoms with Crippen LogP contribution in [0.2, 0.25) is 0 Å². The van der Waals surface area contributed by atoms with Crippen molar-refractivity contribution in [2.24, 2.45) is 0 Å². The first kappa shape index (κ1) is 22.6. The molecule has 0 aromatic carbocycles. The summed E-state index contributed by atoms with van der Waals surface area (Å²) >= 11 is 0. The third-order valence-electron chi connectivity index (χ3n) is 5.47. The number of carbonyl (C=O) groups is 2. The lowest BCUT2D eigenvalue weighted by molar-refractivity contribution is -0.129. The normalized spacial score (nSPS) is 24.9. The third-order valence-corrected chi connectivity index (χ3v) is 5.47. The van der Waals surface area contributed by atoms with E-state index in [9.17, 15) is 14.7 Å². The van der Waals surface area contributed by atoms with Crippen molar-refractivity contribution in [3.8, 4) is 0 Å². The summed E-state index contributed by atoms with van der Waals surface area (Å²) in [5.74, 6) is -0.124. The Kier molecular flexibility index (Phi) is 9.00. The van der Waals surface area contributed by atoms with E-state index >= 15 is 0 Å². The number of ether oxygens (including phenoxy) is 2. The molecule has 30 heavy (non-hydrogen) atoms. The van der Waals surface area contributed by atoms with E-state index in [1.807, 2.05) is 18.2 Å². The van der Waals surface area contributed by atoms with Crippen LogP contribution in [0.4, 0.5) is 0 Å². The first-order chi connectivity index (χ1) is 14.6. The summed E-state index contributed by atoms with van der Waals surface area (Å²) < 4.78 is 11.3. The molecule has 3 heterocycles. The molecule has 9 heteroatoms. The number of aliphatic hydroxyl groups is 1. The van der Waals surface area contributed by atoms with E-state index in [-0.39, 0.29) is 37.0 Å². The lowest BCUT2D eigenvalue weighted by Crippen LogP contribution is -2.51. The number of morpholine rings is 1. The molecule has 0 radical (unpaired) electrons. The van der Waals surface area contributed by atoms with Gasteiger partial charge in [0.25, 0.3) is 0 Å². The molecule has 1 aromatic rings. The summed E-state index contributed by atoms with van der Waals surface area (Å²) in [6, 6.07) is 5.24. The standard InChI is InChI=1S/C21H32N4O5/c26-15-19-18(24-20(27)13-16-3-1-2-7-22-16)5-4-17(30-19)6-8-23-21(28)14-25-9-11-29-12-10-25/h1-3,7,17-19,26H,4-6,8-15H2,(H,23,28)(H,24,27)/t17-,18+,19+/m1/s1. The smallest absolute Gasteiger partial charge is 0.234 e. The molecule has 3 atom stereocenters. The van der Waals surface area contributed by atoms with E-state index < -0.39 is 6.10 Å². The predicted molar refractivity (Wildman–Crippen MR) is 110 cm³/mol. The van der Waals surface area contributed by atoms with E-state index in [1.54, 1.807) is 6.20 Å². The molecule has 3 rings (SSSR count). The van der Waals surface area contributed by atoms with Crippen molar-refractivity contribution in [1.82, 2.24) is 20.5 Å². The Bertz CT molecular complexity index is 669. The van der Waals surface area contributed by atoms with Crippen molar-refractivity contribution in [3.05, 3.63) is 30.1 Å². The first-order valence-corrected chi connectivity index (χ1v) is 10.7. The maximum atomic E-state index is 12.3. The highest BCUT2D eigenvalue weighted by atomic mass is 16.5. The molecule has 0 aliphatic carbocycles. The van der Waals surface area contributed by atoms with Gasteiger partial charge in [0, 0.05) is 31.5 Å². The number of pyridine rings is 1. The molecule has 0 saturated carbocycles. The number of hydrogen-bond donors (Lipinski definition) is 3. The van der Waals surface area contributed by atoms with Gasteiger partial charge in [0.05, 0.1) is 44.9 Å². The van der Waals surface area contributed by atoms with Gasteiger partial charge in [0.2, 0.25) is 11.8 Å². The summed E-state index contributed by atoms with van der Waals surface area (Å²) in [5.41, 5.74) is 0.706. The van der Waals surface area contributed by atoms with Crippen molar-refractivity contribution in [2.75, 3.05) is 46.0 Å². The molecule has 2 fully saturated rings. The number of hydrogen-bond acceptors (Lipinski definition) is 7. The van der Waals surface area contributed by atoms with Crippen LogP contribution < -0.4 is 10.6 Å². The fourth-order valence-corrected chi connectivity index (χ4v) is 3.83. The van der Waals surface area contributed by atoms with Crippen LogP contribution in [0.15, 0.2) is 24.4 Å². The van der Waals surface area contributed by atoms with Gasteiger partial charge in [-0.3, -0.25) is 19.5 Å². The molecule has 9 nitrogen and oxygen atoms in total. The molecule has 2 saturated heterocycles.